The van der Waals surface area contributed by atoms with E-state index in [-0.39, 0.29) is 5.57 Å². The van der Waals surface area contributed by atoms with Crippen molar-refractivity contribution in [3.63, 3.8) is 0 Å². The largest absolute Gasteiger partial charge is 0.478 e. The van der Waals surface area contributed by atoms with Gasteiger partial charge in [0, 0.05) is 18.7 Å². The van der Waals surface area contributed by atoms with Gasteiger partial charge in [0.05, 0.1) is 0 Å². The van der Waals surface area contributed by atoms with Crippen LogP contribution in [0.2, 0.25) is 0 Å². The van der Waals surface area contributed by atoms with E-state index in [1.54, 1.807) is 0 Å². The van der Waals surface area contributed by atoms with Gasteiger partial charge in [0.2, 0.25) is 0 Å². The van der Waals surface area contributed by atoms with Gasteiger partial charge >= 0.3 is 5.97 Å². The number of carboxylic acids is 1. The van der Waals surface area contributed by atoms with Gasteiger partial charge in [-0.25, -0.2) is 4.79 Å². The van der Waals surface area contributed by atoms with Gasteiger partial charge in [0.25, 0.3) is 0 Å². The summed E-state index contributed by atoms with van der Waals surface area (Å²) in [6, 6.07) is 20.7. The highest BCUT2D eigenvalue weighted by molar-refractivity contribution is 5.85. The van der Waals surface area contributed by atoms with Crippen LogP contribution in [0.4, 0.5) is 0 Å². The lowest BCUT2D eigenvalue weighted by Gasteiger charge is -2.22. The average molecular weight is 309 g/mol. The zero-order chi connectivity index (χ0) is 16.5. The molecule has 3 heteroatoms. The highest BCUT2D eigenvalue weighted by Gasteiger charge is 2.09. The Labute approximate surface area is 137 Å². The van der Waals surface area contributed by atoms with Crippen LogP contribution in [0.15, 0.2) is 72.8 Å². The Bertz CT molecular complexity index is 581. The number of carbonyl (C=O) groups is 1. The molecule has 0 saturated heterocycles. The van der Waals surface area contributed by atoms with Gasteiger partial charge < -0.3 is 5.11 Å². The molecule has 0 fully saturated rings. The fourth-order valence-corrected chi connectivity index (χ4v) is 2.52. The molecule has 23 heavy (non-hydrogen) atoms. The molecule has 2 rings (SSSR count). The van der Waals surface area contributed by atoms with Crippen molar-refractivity contribution in [2.24, 2.45) is 0 Å². The maximum Gasteiger partial charge on any atom is 0.330 e. The van der Waals surface area contributed by atoms with Crippen molar-refractivity contribution in [2.45, 2.75) is 25.9 Å². The van der Waals surface area contributed by atoms with Crippen LogP contribution in [0.3, 0.4) is 0 Å². The molecule has 0 radical (unpaired) electrons. The number of rotatable bonds is 9. The molecular formula is C20H23NO2. The van der Waals surface area contributed by atoms with Gasteiger partial charge in [-0.1, -0.05) is 67.2 Å². The van der Waals surface area contributed by atoms with Crippen LogP contribution in [-0.2, 0) is 17.9 Å². The molecule has 3 nitrogen and oxygen atoms in total. The van der Waals surface area contributed by atoms with E-state index in [1.807, 2.05) is 36.4 Å². The summed E-state index contributed by atoms with van der Waals surface area (Å²) >= 11 is 0. The number of nitrogens with zero attached hydrogens (tertiary/aromatic N) is 1. The third-order valence-electron chi connectivity index (χ3n) is 3.75. The van der Waals surface area contributed by atoms with E-state index in [0.717, 1.165) is 26.1 Å². The van der Waals surface area contributed by atoms with Crippen LogP contribution in [0, 0.1) is 0 Å². The van der Waals surface area contributed by atoms with Crippen LogP contribution in [0.25, 0.3) is 0 Å². The lowest BCUT2D eigenvalue weighted by molar-refractivity contribution is -0.132. The molecule has 0 atom stereocenters. The summed E-state index contributed by atoms with van der Waals surface area (Å²) in [5, 5.41) is 8.90. The van der Waals surface area contributed by atoms with Crippen molar-refractivity contribution in [1.82, 2.24) is 4.90 Å². The smallest absolute Gasteiger partial charge is 0.330 e. The molecule has 0 unspecified atom stereocenters. The maximum atomic E-state index is 10.8. The molecule has 1 N–H and O–H groups in total. The van der Waals surface area contributed by atoms with Crippen molar-refractivity contribution < 1.29 is 9.90 Å². The van der Waals surface area contributed by atoms with E-state index in [4.69, 9.17) is 5.11 Å². The standard InChI is InChI=1S/C20H23NO2/c1-17(20(22)23)9-8-14-21(15-18-10-4-2-5-11-18)16-19-12-6-3-7-13-19/h2-7,10-13H,1,8-9,14-16H2,(H,22,23). The minimum Gasteiger partial charge on any atom is -0.478 e. The Morgan fingerprint density at radius 1 is 0.913 bits per heavy atom. The Morgan fingerprint density at radius 3 is 1.83 bits per heavy atom. The second kappa shape index (κ2) is 8.91. The number of benzene rings is 2. The predicted octanol–water partition coefficient (Wildman–Crippen LogP) is 4.11. The topological polar surface area (TPSA) is 40.5 Å². The highest BCUT2D eigenvalue weighted by atomic mass is 16.4. The monoisotopic (exact) mass is 309 g/mol. The first-order valence-electron chi connectivity index (χ1n) is 7.86. The zero-order valence-electron chi connectivity index (χ0n) is 13.3. The minimum absolute atomic E-state index is 0.282. The van der Waals surface area contributed by atoms with E-state index in [2.05, 4.69) is 35.7 Å². The van der Waals surface area contributed by atoms with Crippen LogP contribution < -0.4 is 0 Å². The minimum atomic E-state index is -0.900. The van der Waals surface area contributed by atoms with Crippen LogP contribution >= 0.6 is 0 Å². The third kappa shape index (κ3) is 6.09. The van der Waals surface area contributed by atoms with E-state index >= 15 is 0 Å². The molecule has 0 saturated carbocycles. The number of carboxylic acid groups (broad SMARTS) is 1. The molecule has 0 aromatic heterocycles. The number of hydrogen-bond acceptors (Lipinski definition) is 2. The third-order valence-corrected chi connectivity index (χ3v) is 3.75. The first kappa shape index (κ1) is 17.0. The fraction of sp³-hybridized carbons (Fsp3) is 0.250. The van der Waals surface area contributed by atoms with E-state index in [9.17, 15) is 4.79 Å². The molecule has 2 aromatic rings. The highest BCUT2D eigenvalue weighted by Crippen LogP contribution is 2.12. The van der Waals surface area contributed by atoms with Gasteiger partial charge in [-0.15, -0.1) is 0 Å². The predicted molar refractivity (Wildman–Crippen MR) is 93.0 cm³/mol. The summed E-state index contributed by atoms with van der Waals surface area (Å²) in [5.74, 6) is -0.900. The molecule has 0 amide bonds. The van der Waals surface area contributed by atoms with Crippen LogP contribution in [0.1, 0.15) is 24.0 Å². The first-order valence-corrected chi connectivity index (χ1v) is 7.86. The average Bonchev–Trinajstić information content (AvgIpc) is 2.56. The van der Waals surface area contributed by atoms with Gasteiger partial charge in [0.1, 0.15) is 0 Å². The fourth-order valence-electron chi connectivity index (χ4n) is 2.52. The van der Waals surface area contributed by atoms with Crippen molar-refractivity contribution in [3.8, 4) is 0 Å². The Kier molecular flexibility index (Phi) is 6.57. The lowest BCUT2D eigenvalue weighted by Crippen LogP contribution is -2.24. The van der Waals surface area contributed by atoms with E-state index in [1.165, 1.54) is 11.1 Å². The molecule has 0 spiro atoms. The zero-order valence-corrected chi connectivity index (χ0v) is 13.3. The second-order valence-corrected chi connectivity index (χ2v) is 5.69. The van der Waals surface area contributed by atoms with Crippen LogP contribution in [0.5, 0.6) is 0 Å². The summed E-state index contributed by atoms with van der Waals surface area (Å²) < 4.78 is 0. The number of aliphatic carboxylic acids is 1. The van der Waals surface area contributed by atoms with Gasteiger partial charge in [0.15, 0.2) is 0 Å². The maximum absolute atomic E-state index is 10.8. The van der Waals surface area contributed by atoms with E-state index in [0.29, 0.717) is 6.42 Å². The Balaban J connectivity index is 1.96. The molecule has 2 aromatic carbocycles. The summed E-state index contributed by atoms with van der Waals surface area (Å²) in [7, 11) is 0. The number of hydrogen-bond donors (Lipinski definition) is 1. The van der Waals surface area contributed by atoms with Crippen molar-refractivity contribution >= 4 is 5.97 Å². The SMILES string of the molecule is C=C(CCCN(Cc1ccccc1)Cc1ccccc1)C(=O)O. The summed E-state index contributed by atoms with van der Waals surface area (Å²) in [6.45, 7) is 6.16. The van der Waals surface area contributed by atoms with Crippen molar-refractivity contribution in [1.29, 1.82) is 0 Å². The van der Waals surface area contributed by atoms with E-state index < -0.39 is 5.97 Å². The van der Waals surface area contributed by atoms with Crippen LogP contribution in [-0.4, -0.2) is 22.5 Å². The Hall–Kier alpha value is -2.39. The summed E-state index contributed by atoms with van der Waals surface area (Å²) in [4.78, 5) is 13.2. The molecule has 120 valence electrons. The molecule has 0 aliphatic rings. The molecule has 0 heterocycles. The normalized spacial score (nSPS) is 10.7. The molecular weight excluding hydrogens is 286 g/mol. The van der Waals surface area contributed by atoms with Gasteiger partial charge in [-0.2, -0.15) is 0 Å². The quantitative estimate of drug-likeness (QED) is 0.709. The molecule has 0 bridgehead atoms. The first-order chi connectivity index (χ1) is 11.1. The molecule has 0 aliphatic heterocycles. The van der Waals surface area contributed by atoms with Crippen molar-refractivity contribution in [3.05, 3.63) is 83.9 Å². The summed E-state index contributed by atoms with van der Waals surface area (Å²) in [5.41, 5.74) is 2.81. The van der Waals surface area contributed by atoms with Gasteiger partial charge in [-0.05, 0) is 30.5 Å². The Morgan fingerprint density at radius 2 is 1.39 bits per heavy atom. The molecule has 0 aliphatic carbocycles. The summed E-state index contributed by atoms with van der Waals surface area (Å²) in [6.07, 6.45) is 1.32. The van der Waals surface area contributed by atoms with Crippen molar-refractivity contribution in [2.75, 3.05) is 6.54 Å². The lowest BCUT2D eigenvalue weighted by atomic mass is 10.1. The second-order valence-electron chi connectivity index (χ2n) is 5.69. The van der Waals surface area contributed by atoms with Gasteiger partial charge in [-0.3, -0.25) is 4.90 Å².